The number of nitrogens with one attached hydrogen (secondary N) is 2. The van der Waals surface area contributed by atoms with Crippen molar-refractivity contribution in [1.82, 2.24) is 5.32 Å². The van der Waals surface area contributed by atoms with Gasteiger partial charge < -0.3 is 10.6 Å². The third kappa shape index (κ3) is 1.84. The van der Waals surface area contributed by atoms with Crippen molar-refractivity contribution < 1.29 is 0 Å². The SMILES string of the molecule is Clc1cccc2c1C(NC1CC1)CCN2. The van der Waals surface area contributed by atoms with Gasteiger partial charge in [0.1, 0.15) is 0 Å². The highest BCUT2D eigenvalue weighted by Crippen LogP contribution is 2.37. The van der Waals surface area contributed by atoms with Gasteiger partial charge in [-0.25, -0.2) is 0 Å². The highest BCUT2D eigenvalue weighted by molar-refractivity contribution is 6.31. The lowest BCUT2D eigenvalue weighted by molar-refractivity contribution is 0.498. The first-order valence-corrected chi connectivity index (χ1v) is 6.01. The fraction of sp³-hybridized carbons (Fsp3) is 0.500. The Hall–Kier alpha value is -0.730. The van der Waals surface area contributed by atoms with Crippen LogP contribution in [0, 0.1) is 0 Å². The summed E-state index contributed by atoms with van der Waals surface area (Å²) < 4.78 is 0. The van der Waals surface area contributed by atoms with Gasteiger partial charge in [-0.1, -0.05) is 17.7 Å². The largest absolute Gasteiger partial charge is 0.385 e. The minimum Gasteiger partial charge on any atom is -0.385 e. The maximum atomic E-state index is 6.26. The van der Waals surface area contributed by atoms with Gasteiger partial charge in [0, 0.05) is 34.9 Å². The van der Waals surface area contributed by atoms with Crippen molar-refractivity contribution in [2.24, 2.45) is 0 Å². The molecule has 2 N–H and O–H groups in total. The quantitative estimate of drug-likeness (QED) is 0.804. The van der Waals surface area contributed by atoms with Gasteiger partial charge in [-0.2, -0.15) is 0 Å². The van der Waals surface area contributed by atoms with Gasteiger partial charge in [0.2, 0.25) is 0 Å². The van der Waals surface area contributed by atoms with E-state index in [1.54, 1.807) is 0 Å². The molecule has 1 aliphatic heterocycles. The summed E-state index contributed by atoms with van der Waals surface area (Å²) in [7, 11) is 0. The number of rotatable bonds is 2. The molecule has 1 aromatic carbocycles. The zero-order valence-electron chi connectivity index (χ0n) is 8.59. The Kier molecular flexibility index (Phi) is 2.33. The van der Waals surface area contributed by atoms with E-state index in [-0.39, 0.29) is 0 Å². The van der Waals surface area contributed by atoms with Crippen molar-refractivity contribution in [1.29, 1.82) is 0 Å². The molecule has 2 aliphatic rings. The molecule has 0 aromatic heterocycles. The van der Waals surface area contributed by atoms with Crippen LogP contribution in [0.4, 0.5) is 5.69 Å². The van der Waals surface area contributed by atoms with Crippen molar-refractivity contribution in [2.45, 2.75) is 31.3 Å². The lowest BCUT2D eigenvalue weighted by atomic mass is 9.98. The average molecular weight is 223 g/mol. The number of hydrogen-bond acceptors (Lipinski definition) is 2. The van der Waals surface area contributed by atoms with Crippen molar-refractivity contribution in [3.8, 4) is 0 Å². The fourth-order valence-corrected chi connectivity index (χ4v) is 2.55. The van der Waals surface area contributed by atoms with Gasteiger partial charge >= 0.3 is 0 Å². The first kappa shape index (κ1) is 9.49. The maximum Gasteiger partial charge on any atom is 0.0474 e. The molecule has 3 rings (SSSR count). The number of halogens is 1. The van der Waals surface area contributed by atoms with Crippen LogP contribution in [0.25, 0.3) is 0 Å². The van der Waals surface area contributed by atoms with Crippen molar-refractivity contribution in [3.63, 3.8) is 0 Å². The Morgan fingerprint density at radius 3 is 2.93 bits per heavy atom. The maximum absolute atomic E-state index is 6.26. The molecule has 1 heterocycles. The molecule has 15 heavy (non-hydrogen) atoms. The van der Waals surface area contributed by atoms with E-state index in [9.17, 15) is 0 Å². The Bertz CT molecular complexity index is 374. The topological polar surface area (TPSA) is 24.1 Å². The fourth-order valence-electron chi connectivity index (χ4n) is 2.24. The third-order valence-electron chi connectivity index (χ3n) is 3.16. The Labute approximate surface area is 95.0 Å². The first-order valence-electron chi connectivity index (χ1n) is 5.63. The summed E-state index contributed by atoms with van der Waals surface area (Å²) in [5.74, 6) is 0. The van der Waals surface area contributed by atoms with Crippen molar-refractivity contribution in [3.05, 3.63) is 28.8 Å². The lowest BCUT2D eigenvalue weighted by Gasteiger charge is -2.28. The number of benzene rings is 1. The van der Waals surface area contributed by atoms with Crippen molar-refractivity contribution in [2.75, 3.05) is 11.9 Å². The highest BCUT2D eigenvalue weighted by atomic mass is 35.5. The summed E-state index contributed by atoms with van der Waals surface area (Å²) in [5, 5.41) is 7.95. The second-order valence-electron chi connectivity index (χ2n) is 4.41. The molecule has 3 heteroatoms. The zero-order chi connectivity index (χ0) is 10.3. The zero-order valence-corrected chi connectivity index (χ0v) is 9.35. The van der Waals surface area contributed by atoms with Crippen LogP contribution >= 0.6 is 11.6 Å². The minimum absolute atomic E-state index is 0.447. The molecule has 0 spiro atoms. The molecule has 1 aromatic rings. The molecule has 0 bridgehead atoms. The molecule has 0 saturated heterocycles. The van der Waals surface area contributed by atoms with Gasteiger partial charge in [-0.15, -0.1) is 0 Å². The van der Waals surface area contributed by atoms with Gasteiger partial charge in [0.25, 0.3) is 0 Å². The van der Waals surface area contributed by atoms with Gasteiger partial charge in [0.15, 0.2) is 0 Å². The van der Waals surface area contributed by atoms with Crippen molar-refractivity contribution >= 4 is 17.3 Å². The summed E-state index contributed by atoms with van der Waals surface area (Å²) >= 11 is 6.26. The van der Waals surface area contributed by atoms with E-state index < -0.39 is 0 Å². The summed E-state index contributed by atoms with van der Waals surface area (Å²) in [6.07, 6.45) is 3.78. The van der Waals surface area contributed by atoms with Gasteiger partial charge in [-0.05, 0) is 31.4 Å². The standard InChI is InChI=1S/C12H15ClN2/c13-9-2-1-3-10-12(9)11(6-7-14-10)15-8-4-5-8/h1-3,8,11,14-15H,4-7H2. The smallest absolute Gasteiger partial charge is 0.0474 e. The molecule has 0 amide bonds. The van der Waals surface area contributed by atoms with Crippen LogP contribution in [-0.4, -0.2) is 12.6 Å². The van der Waals surface area contributed by atoms with E-state index in [1.165, 1.54) is 24.1 Å². The van der Waals surface area contributed by atoms with Crippen LogP contribution in [0.3, 0.4) is 0 Å². The second-order valence-corrected chi connectivity index (χ2v) is 4.82. The summed E-state index contributed by atoms with van der Waals surface area (Å²) in [6.45, 7) is 1.04. The highest BCUT2D eigenvalue weighted by Gasteiger charge is 2.29. The van der Waals surface area contributed by atoms with Crippen LogP contribution in [0.2, 0.25) is 5.02 Å². The van der Waals surface area contributed by atoms with E-state index in [0.29, 0.717) is 6.04 Å². The molecule has 1 aliphatic carbocycles. The summed E-state index contributed by atoms with van der Waals surface area (Å²) in [5.41, 5.74) is 2.46. The average Bonchev–Trinajstić information content (AvgIpc) is 3.02. The molecule has 1 saturated carbocycles. The van der Waals surface area contributed by atoms with Crippen LogP contribution in [-0.2, 0) is 0 Å². The van der Waals surface area contributed by atoms with E-state index in [0.717, 1.165) is 24.0 Å². The van der Waals surface area contributed by atoms with Crippen LogP contribution in [0.5, 0.6) is 0 Å². The van der Waals surface area contributed by atoms with E-state index in [1.807, 2.05) is 12.1 Å². The Morgan fingerprint density at radius 2 is 2.13 bits per heavy atom. The second kappa shape index (κ2) is 3.69. The van der Waals surface area contributed by atoms with Crippen LogP contribution in [0.15, 0.2) is 18.2 Å². The first-order chi connectivity index (χ1) is 7.34. The van der Waals surface area contributed by atoms with E-state index >= 15 is 0 Å². The molecule has 1 atom stereocenters. The molecule has 0 radical (unpaired) electrons. The van der Waals surface area contributed by atoms with E-state index in [4.69, 9.17) is 11.6 Å². The molecular formula is C12H15ClN2. The molecule has 2 nitrogen and oxygen atoms in total. The number of fused-ring (bicyclic) bond motifs is 1. The molecule has 1 unspecified atom stereocenters. The Morgan fingerprint density at radius 1 is 1.27 bits per heavy atom. The third-order valence-corrected chi connectivity index (χ3v) is 3.49. The summed E-state index contributed by atoms with van der Waals surface area (Å²) in [4.78, 5) is 0. The molecular weight excluding hydrogens is 208 g/mol. The predicted molar refractivity (Wildman–Crippen MR) is 63.5 cm³/mol. The predicted octanol–water partition coefficient (Wildman–Crippen LogP) is 2.95. The van der Waals surface area contributed by atoms with E-state index in [2.05, 4.69) is 16.7 Å². The van der Waals surface area contributed by atoms with Crippen LogP contribution in [0.1, 0.15) is 30.9 Å². The molecule has 80 valence electrons. The molecule has 1 fully saturated rings. The van der Waals surface area contributed by atoms with Crippen LogP contribution < -0.4 is 10.6 Å². The summed E-state index contributed by atoms with van der Waals surface area (Å²) in [6, 6.07) is 7.28. The Balaban J connectivity index is 1.93. The number of hydrogen-bond donors (Lipinski definition) is 2. The van der Waals surface area contributed by atoms with Gasteiger partial charge in [0.05, 0.1) is 0 Å². The van der Waals surface area contributed by atoms with Gasteiger partial charge in [-0.3, -0.25) is 0 Å². The normalized spacial score (nSPS) is 24.5. The monoisotopic (exact) mass is 222 g/mol. The minimum atomic E-state index is 0.447. The number of anilines is 1. The lowest BCUT2D eigenvalue weighted by Crippen LogP contribution is -2.29.